The molecule has 0 aromatic heterocycles. The summed E-state index contributed by atoms with van der Waals surface area (Å²) < 4.78 is 11.3. The highest BCUT2D eigenvalue weighted by molar-refractivity contribution is 5.51. The monoisotopic (exact) mass is 268 g/mol. The lowest BCUT2D eigenvalue weighted by molar-refractivity contribution is 0.242. The Balaban J connectivity index is 2.24. The van der Waals surface area contributed by atoms with Gasteiger partial charge < -0.3 is 15.2 Å². The highest BCUT2D eigenvalue weighted by Crippen LogP contribution is 2.29. The van der Waals surface area contributed by atoms with E-state index in [0.29, 0.717) is 28.5 Å². The first-order valence-corrected chi connectivity index (χ1v) is 6.32. The number of benzene rings is 2. The van der Waals surface area contributed by atoms with Crippen LogP contribution in [0.5, 0.6) is 17.2 Å². The molecule has 0 atom stereocenters. The van der Waals surface area contributed by atoms with Crippen molar-refractivity contribution >= 4 is 5.69 Å². The van der Waals surface area contributed by atoms with Gasteiger partial charge in [0.1, 0.15) is 17.2 Å². The maximum Gasteiger partial charge on any atom is 0.133 e. The molecule has 0 radical (unpaired) electrons. The van der Waals surface area contributed by atoms with Crippen LogP contribution < -0.4 is 15.2 Å². The van der Waals surface area contributed by atoms with Gasteiger partial charge in [0.15, 0.2) is 0 Å². The van der Waals surface area contributed by atoms with Crippen LogP contribution in [0.1, 0.15) is 19.4 Å². The summed E-state index contributed by atoms with van der Waals surface area (Å²) in [6.45, 7) is 3.89. The number of hydrogen-bond donors (Lipinski definition) is 1. The summed E-state index contributed by atoms with van der Waals surface area (Å²) in [6.07, 6.45) is 0.0616. The zero-order chi connectivity index (χ0) is 14.5. The van der Waals surface area contributed by atoms with Crippen LogP contribution in [-0.2, 0) is 0 Å². The maximum absolute atomic E-state index is 8.87. The van der Waals surface area contributed by atoms with Gasteiger partial charge in [0.05, 0.1) is 17.7 Å². The predicted molar refractivity (Wildman–Crippen MR) is 77.8 cm³/mol. The minimum absolute atomic E-state index is 0.0616. The molecule has 0 amide bonds. The van der Waals surface area contributed by atoms with Gasteiger partial charge in [0.2, 0.25) is 0 Å². The number of anilines is 1. The summed E-state index contributed by atoms with van der Waals surface area (Å²) in [5.41, 5.74) is 6.94. The second kappa shape index (κ2) is 5.98. The van der Waals surface area contributed by atoms with Gasteiger partial charge in [-0.1, -0.05) is 6.07 Å². The number of nitrogens with two attached hydrogens (primary N) is 1. The van der Waals surface area contributed by atoms with Gasteiger partial charge in [-0.2, -0.15) is 5.26 Å². The molecule has 4 nitrogen and oxygen atoms in total. The summed E-state index contributed by atoms with van der Waals surface area (Å²) in [4.78, 5) is 0. The van der Waals surface area contributed by atoms with Crippen LogP contribution in [0, 0.1) is 11.3 Å². The molecule has 2 aromatic carbocycles. The van der Waals surface area contributed by atoms with E-state index in [1.165, 1.54) is 0 Å². The Morgan fingerprint density at radius 1 is 1.05 bits per heavy atom. The minimum atomic E-state index is 0.0616. The molecule has 2 aromatic rings. The van der Waals surface area contributed by atoms with E-state index in [1.807, 2.05) is 13.8 Å². The molecule has 0 spiro atoms. The van der Waals surface area contributed by atoms with E-state index < -0.39 is 0 Å². The normalized spacial score (nSPS) is 10.1. The third kappa shape index (κ3) is 3.66. The van der Waals surface area contributed by atoms with E-state index in [0.717, 1.165) is 0 Å². The van der Waals surface area contributed by atoms with E-state index in [1.54, 1.807) is 42.5 Å². The molecule has 0 aliphatic rings. The van der Waals surface area contributed by atoms with Crippen molar-refractivity contribution in [2.75, 3.05) is 5.73 Å². The van der Waals surface area contributed by atoms with Crippen LogP contribution in [0.4, 0.5) is 5.69 Å². The number of rotatable bonds is 4. The van der Waals surface area contributed by atoms with E-state index in [9.17, 15) is 0 Å². The Kier molecular flexibility index (Phi) is 4.11. The first-order valence-electron chi connectivity index (χ1n) is 6.32. The molecule has 2 N–H and O–H groups in total. The maximum atomic E-state index is 8.87. The SMILES string of the molecule is CC(C)Oc1cc(N)cc(Oc2cccc(C#N)c2)c1. The Bertz CT molecular complexity index is 645. The van der Waals surface area contributed by atoms with Crippen LogP contribution in [0.2, 0.25) is 0 Å². The lowest BCUT2D eigenvalue weighted by Gasteiger charge is -2.13. The van der Waals surface area contributed by atoms with Gasteiger partial charge in [-0.15, -0.1) is 0 Å². The Labute approximate surface area is 118 Å². The topological polar surface area (TPSA) is 68.3 Å². The van der Waals surface area contributed by atoms with Crippen LogP contribution >= 0.6 is 0 Å². The van der Waals surface area contributed by atoms with Crippen molar-refractivity contribution in [3.8, 4) is 23.3 Å². The zero-order valence-electron chi connectivity index (χ0n) is 11.5. The van der Waals surface area contributed by atoms with E-state index in [4.69, 9.17) is 20.5 Å². The zero-order valence-corrected chi connectivity index (χ0v) is 11.5. The second-order valence-electron chi connectivity index (χ2n) is 4.65. The summed E-state index contributed by atoms with van der Waals surface area (Å²) in [5, 5.41) is 8.87. The van der Waals surface area contributed by atoms with E-state index in [2.05, 4.69) is 6.07 Å². The van der Waals surface area contributed by atoms with Crippen molar-refractivity contribution < 1.29 is 9.47 Å². The molecular formula is C16H16N2O2. The lowest BCUT2D eigenvalue weighted by Crippen LogP contribution is -2.05. The Hall–Kier alpha value is -2.67. The molecule has 20 heavy (non-hydrogen) atoms. The summed E-state index contributed by atoms with van der Waals surface area (Å²) >= 11 is 0. The molecule has 102 valence electrons. The Morgan fingerprint density at radius 3 is 2.50 bits per heavy atom. The number of nitrogens with zero attached hydrogens (tertiary/aromatic N) is 1. The number of hydrogen-bond acceptors (Lipinski definition) is 4. The number of nitrogen functional groups attached to an aromatic ring is 1. The molecule has 0 unspecified atom stereocenters. The number of nitriles is 1. The standard InChI is InChI=1S/C16H16N2O2/c1-11(2)19-15-7-13(18)8-16(9-15)20-14-5-3-4-12(6-14)10-17/h3-9,11H,18H2,1-2H3. The lowest BCUT2D eigenvalue weighted by atomic mass is 10.2. The highest BCUT2D eigenvalue weighted by atomic mass is 16.5. The van der Waals surface area contributed by atoms with Crippen molar-refractivity contribution in [2.45, 2.75) is 20.0 Å². The van der Waals surface area contributed by atoms with Crippen molar-refractivity contribution in [1.29, 1.82) is 5.26 Å². The summed E-state index contributed by atoms with van der Waals surface area (Å²) in [5.74, 6) is 1.83. The third-order valence-corrected chi connectivity index (χ3v) is 2.47. The average molecular weight is 268 g/mol. The summed E-state index contributed by atoms with van der Waals surface area (Å²) in [6, 6.07) is 14.3. The van der Waals surface area contributed by atoms with Gasteiger partial charge in [-0.25, -0.2) is 0 Å². The van der Waals surface area contributed by atoms with Crippen LogP contribution in [-0.4, -0.2) is 6.10 Å². The molecule has 0 aliphatic carbocycles. The van der Waals surface area contributed by atoms with Gasteiger partial charge in [0, 0.05) is 23.9 Å². The number of ether oxygens (including phenoxy) is 2. The fourth-order valence-electron chi connectivity index (χ4n) is 1.76. The summed E-state index contributed by atoms with van der Waals surface area (Å²) in [7, 11) is 0. The van der Waals surface area contributed by atoms with Crippen molar-refractivity contribution in [1.82, 2.24) is 0 Å². The highest BCUT2D eigenvalue weighted by Gasteiger charge is 2.05. The van der Waals surface area contributed by atoms with Crippen molar-refractivity contribution in [2.24, 2.45) is 0 Å². The van der Waals surface area contributed by atoms with Crippen molar-refractivity contribution in [3.05, 3.63) is 48.0 Å². The van der Waals surface area contributed by atoms with Crippen LogP contribution in [0.3, 0.4) is 0 Å². The predicted octanol–water partition coefficient (Wildman–Crippen LogP) is 3.72. The molecule has 0 saturated heterocycles. The quantitative estimate of drug-likeness (QED) is 0.858. The van der Waals surface area contributed by atoms with Crippen LogP contribution in [0.15, 0.2) is 42.5 Å². The van der Waals surface area contributed by atoms with Crippen LogP contribution in [0.25, 0.3) is 0 Å². The fraction of sp³-hybridized carbons (Fsp3) is 0.188. The van der Waals surface area contributed by atoms with E-state index in [-0.39, 0.29) is 6.10 Å². The fourth-order valence-corrected chi connectivity index (χ4v) is 1.76. The average Bonchev–Trinajstić information content (AvgIpc) is 2.37. The largest absolute Gasteiger partial charge is 0.491 e. The molecule has 0 bridgehead atoms. The first-order chi connectivity index (χ1) is 9.56. The van der Waals surface area contributed by atoms with Crippen molar-refractivity contribution in [3.63, 3.8) is 0 Å². The van der Waals surface area contributed by atoms with E-state index >= 15 is 0 Å². The third-order valence-electron chi connectivity index (χ3n) is 2.47. The molecule has 0 fully saturated rings. The minimum Gasteiger partial charge on any atom is -0.491 e. The molecular weight excluding hydrogens is 252 g/mol. The van der Waals surface area contributed by atoms with Gasteiger partial charge in [-0.05, 0) is 32.0 Å². The second-order valence-corrected chi connectivity index (χ2v) is 4.65. The molecule has 2 rings (SSSR count). The van der Waals surface area contributed by atoms with Gasteiger partial charge in [0.25, 0.3) is 0 Å². The molecule has 0 aliphatic heterocycles. The molecule has 4 heteroatoms. The molecule has 0 saturated carbocycles. The Morgan fingerprint density at radius 2 is 1.80 bits per heavy atom. The smallest absolute Gasteiger partial charge is 0.133 e. The molecule has 0 heterocycles. The van der Waals surface area contributed by atoms with Gasteiger partial charge >= 0.3 is 0 Å². The van der Waals surface area contributed by atoms with Gasteiger partial charge in [-0.3, -0.25) is 0 Å². The first kappa shape index (κ1) is 13.8.